The number of rotatable bonds is 3. The molecule has 1 fully saturated rings. The van der Waals surface area contributed by atoms with E-state index in [0.717, 1.165) is 29.3 Å². The quantitative estimate of drug-likeness (QED) is 0.884. The Balaban J connectivity index is 1.75. The third-order valence-electron chi connectivity index (χ3n) is 4.27. The molecule has 0 radical (unpaired) electrons. The van der Waals surface area contributed by atoms with Crippen molar-refractivity contribution < 1.29 is 14.3 Å². The van der Waals surface area contributed by atoms with Crippen molar-refractivity contribution in [3.8, 4) is 0 Å². The predicted octanol–water partition coefficient (Wildman–Crippen LogP) is 2.26. The summed E-state index contributed by atoms with van der Waals surface area (Å²) in [6.45, 7) is 0.630. The molecule has 1 aromatic heterocycles. The van der Waals surface area contributed by atoms with Gasteiger partial charge in [0, 0.05) is 18.3 Å². The van der Waals surface area contributed by atoms with Crippen molar-refractivity contribution in [2.24, 2.45) is 0 Å². The summed E-state index contributed by atoms with van der Waals surface area (Å²) in [5, 5.41) is 1.09. The van der Waals surface area contributed by atoms with Crippen molar-refractivity contribution >= 4 is 22.8 Å². The zero-order valence-electron chi connectivity index (χ0n) is 12.7. The smallest absolute Gasteiger partial charge is 0.328 e. The Bertz CT molecular complexity index is 692. The number of fused-ring (bicyclic) bond motifs is 1. The largest absolute Gasteiger partial charge is 0.467 e. The van der Waals surface area contributed by atoms with Crippen LogP contribution in [0, 0.1) is 0 Å². The summed E-state index contributed by atoms with van der Waals surface area (Å²) < 4.78 is 4.83. The molecule has 1 saturated heterocycles. The monoisotopic (exact) mass is 300 g/mol. The van der Waals surface area contributed by atoms with Crippen molar-refractivity contribution in [2.75, 3.05) is 13.7 Å². The van der Waals surface area contributed by atoms with E-state index >= 15 is 0 Å². The number of piperidine rings is 1. The maximum atomic E-state index is 12.6. The lowest BCUT2D eigenvalue weighted by Crippen LogP contribution is -2.49. The summed E-state index contributed by atoms with van der Waals surface area (Å²) in [6, 6.07) is 7.50. The van der Waals surface area contributed by atoms with Crippen LogP contribution < -0.4 is 0 Å². The fourth-order valence-electron chi connectivity index (χ4n) is 3.10. The normalized spacial score (nSPS) is 18.4. The number of likely N-dealkylation sites (tertiary alicyclic amines) is 1. The first-order chi connectivity index (χ1) is 10.7. The molecule has 1 atom stereocenters. The van der Waals surface area contributed by atoms with Gasteiger partial charge in [0.15, 0.2) is 0 Å². The number of benzene rings is 1. The van der Waals surface area contributed by atoms with E-state index in [0.29, 0.717) is 19.4 Å². The lowest BCUT2D eigenvalue weighted by molar-refractivity contribution is -0.154. The number of aromatic nitrogens is 1. The van der Waals surface area contributed by atoms with Gasteiger partial charge in [-0.1, -0.05) is 6.07 Å². The minimum absolute atomic E-state index is 0.00927. The number of nitrogens with one attached hydrogen (secondary N) is 1. The van der Waals surface area contributed by atoms with Gasteiger partial charge >= 0.3 is 5.97 Å². The van der Waals surface area contributed by atoms with Crippen LogP contribution in [0.4, 0.5) is 0 Å². The Morgan fingerprint density at radius 1 is 1.32 bits per heavy atom. The van der Waals surface area contributed by atoms with Gasteiger partial charge < -0.3 is 14.6 Å². The van der Waals surface area contributed by atoms with Crippen LogP contribution in [0.25, 0.3) is 10.9 Å². The maximum absolute atomic E-state index is 12.6. The maximum Gasteiger partial charge on any atom is 0.328 e. The van der Waals surface area contributed by atoms with Crippen molar-refractivity contribution in [3.05, 3.63) is 36.0 Å². The molecule has 3 rings (SSSR count). The van der Waals surface area contributed by atoms with Crippen LogP contribution >= 0.6 is 0 Å². The Morgan fingerprint density at radius 2 is 2.18 bits per heavy atom. The molecule has 2 aromatic rings. The molecule has 22 heavy (non-hydrogen) atoms. The van der Waals surface area contributed by atoms with Gasteiger partial charge in [-0.05, 0) is 48.4 Å². The van der Waals surface area contributed by atoms with E-state index in [1.807, 2.05) is 30.5 Å². The lowest BCUT2D eigenvalue weighted by Gasteiger charge is -2.33. The van der Waals surface area contributed by atoms with Crippen LogP contribution in [0.15, 0.2) is 30.5 Å². The van der Waals surface area contributed by atoms with Crippen LogP contribution in [-0.4, -0.2) is 41.5 Å². The van der Waals surface area contributed by atoms with Crippen LogP contribution in [0.5, 0.6) is 0 Å². The number of methoxy groups -OCH3 is 1. The van der Waals surface area contributed by atoms with Crippen LogP contribution in [0.2, 0.25) is 0 Å². The molecule has 5 heteroatoms. The molecule has 0 aliphatic carbocycles. The van der Waals surface area contributed by atoms with E-state index in [1.54, 1.807) is 4.90 Å². The van der Waals surface area contributed by atoms with Crippen molar-refractivity contribution in [1.29, 1.82) is 0 Å². The van der Waals surface area contributed by atoms with Crippen molar-refractivity contribution in [2.45, 2.75) is 31.7 Å². The molecule has 0 saturated carbocycles. The molecule has 5 nitrogen and oxygen atoms in total. The van der Waals surface area contributed by atoms with Gasteiger partial charge in [-0.2, -0.15) is 0 Å². The summed E-state index contributed by atoms with van der Waals surface area (Å²) in [5.41, 5.74) is 2.02. The number of H-pyrrole nitrogens is 1. The highest BCUT2D eigenvalue weighted by Gasteiger charge is 2.32. The highest BCUT2D eigenvalue weighted by Crippen LogP contribution is 2.20. The van der Waals surface area contributed by atoms with Gasteiger partial charge in [-0.15, -0.1) is 0 Å². The zero-order valence-corrected chi connectivity index (χ0v) is 12.7. The summed E-state index contributed by atoms with van der Waals surface area (Å²) in [6.07, 6.45) is 4.78. The summed E-state index contributed by atoms with van der Waals surface area (Å²) in [4.78, 5) is 29.3. The SMILES string of the molecule is COC(=O)C1CCCCN1C(=O)Cc1ccc2[nH]ccc2c1. The molecule has 1 aromatic carbocycles. The molecule has 1 aliphatic heterocycles. The first-order valence-electron chi connectivity index (χ1n) is 7.62. The number of hydrogen-bond donors (Lipinski definition) is 1. The fraction of sp³-hybridized carbons (Fsp3) is 0.412. The van der Waals surface area contributed by atoms with Gasteiger partial charge in [0.05, 0.1) is 13.5 Å². The third kappa shape index (κ3) is 2.84. The molecule has 0 bridgehead atoms. The topological polar surface area (TPSA) is 62.4 Å². The molecular formula is C17H20N2O3. The predicted molar refractivity (Wildman–Crippen MR) is 83.4 cm³/mol. The molecule has 1 unspecified atom stereocenters. The standard InChI is InChI=1S/C17H20N2O3/c1-22-17(21)15-4-2-3-9-19(15)16(20)11-12-5-6-14-13(10-12)7-8-18-14/h5-8,10,15,18H,2-4,9,11H2,1H3. The van der Waals surface area contributed by atoms with Gasteiger partial charge in [0.25, 0.3) is 0 Å². The molecule has 1 amide bonds. The Labute approximate surface area is 129 Å². The van der Waals surface area contributed by atoms with Gasteiger partial charge in [-0.25, -0.2) is 4.79 Å². The second kappa shape index (κ2) is 6.22. The number of amides is 1. The van der Waals surface area contributed by atoms with Gasteiger partial charge in [-0.3, -0.25) is 4.79 Å². The highest BCUT2D eigenvalue weighted by atomic mass is 16.5. The average Bonchev–Trinajstić information content (AvgIpc) is 3.01. The highest BCUT2D eigenvalue weighted by molar-refractivity contribution is 5.87. The van der Waals surface area contributed by atoms with Crippen molar-refractivity contribution in [3.63, 3.8) is 0 Å². The summed E-state index contributed by atoms with van der Waals surface area (Å²) in [7, 11) is 1.37. The number of carbonyl (C=O) groups is 2. The van der Waals surface area contributed by atoms with E-state index in [1.165, 1.54) is 7.11 Å². The molecule has 0 spiro atoms. The number of hydrogen-bond acceptors (Lipinski definition) is 3. The van der Waals surface area contributed by atoms with Crippen LogP contribution in [0.3, 0.4) is 0 Å². The molecular weight excluding hydrogens is 280 g/mol. The van der Waals surface area contributed by atoms with Crippen molar-refractivity contribution in [1.82, 2.24) is 9.88 Å². The van der Waals surface area contributed by atoms with E-state index in [2.05, 4.69) is 4.98 Å². The van der Waals surface area contributed by atoms with Crippen LogP contribution in [-0.2, 0) is 20.7 Å². The summed E-state index contributed by atoms with van der Waals surface area (Å²) in [5.74, 6) is -0.320. The molecule has 1 aliphatic rings. The third-order valence-corrected chi connectivity index (χ3v) is 4.27. The first kappa shape index (κ1) is 14.6. The first-order valence-corrected chi connectivity index (χ1v) is 7.62. The molecule has 116 valence electrons. The lowest BCUT2D eigenvalue weighted by atomic mass is 10.0. The van der Waals surface area contributed by atoms with E-state index in [-0.39, 0.29) is 11.9 Å². The van der Waals surface area contributed by atoms with Gasteiger partial charge in [0.2, 0.25) is 5.91 Å². The number of esters is 1. The van der Waals surface area contributed by atoms with E-state index < -0.39 is 6.04 Å². The van der Waals surface area contributed by atoms with Gasteiger partial charge in [0.1, 0.15) is 6.04 Å². The zero-order chi connectivity index (χ0) is 15.5. The fourth-order valence-corrected chi connectivity index (χ4v) is 3.10. The summed E-state index contributed by atoms with van der Waals surface area (Å²) >= 11 is 0. The molecule has 1 N–H and O–H groups in total. The minimum Gasteiger partial charge on any atom is -0.467 e. The Morgan fingerprint density at radius 3 is 3.00 bits per heavy atom. The second-order valence-corrected chi connectivity index (χ2v) is 5.70. The number of aromatic amines is 1. The second-order valence-electron chi connectivity index (χ2n) is 5.70. The Hall–Kier alpha value is -2.30. The van der Waals surface area contributed by atoms with Crippen LogP contribution in [0.1, 0.15) is 24.8 Å². The van der Waals surface area contributed by atoms with E-state index in [9.17, 15) is 9.59 Å². The number of nitrogens with zero attached hydrogens (tertiary/aromatic N) is 1. The average molecular weight is 300 g/mol. The molecule has 2 heterocycles. The number of ether oxygens (including phenoxy) is 1. The minimum atomic E-state index is -0.428. The van der Waals surface area contributed by atoms with E-state index in [4.69, 9.17) is 4.74 Å². The number of carbonyl (C=O) groups excluding carboxylic acids is 2. The Kier molecular flexibility index (Phi) is 4.13.